The van der Waals surface area contributed by atoms with Crippen LogP contribution >= 0.6 is 11.3 Å². The number of carbonyl (C=O) groups is 2. The molecule has 7 nitrogen and oxygen atoms in total. The van der Waals surface area contributed by atoms with Gasteiger partial charge in [0.15, 0.2) is 11.5 Å². The van der Waals surface area contributed by atoms with E-state index in [-0.39, 0.29) is 25.3 Å². The number of urea groups is 1. The Labute approximate surface area is 210 Å². The number of hydrogen-bond donors (Lipinski definition) is 1. The van der Waals surface area contributed by atoms with Gasteiger partial charge in [-0.25, -0.2) is 4.79 Å². The molecule has 0 radical (unpaired) electrons. The molecule has 0 spiro atoms. The van der Waals surface area contributed by atoms with E-state index in [1.807, 2.05) is 68.6 Å². The van der Waals surface area contributed by atoms with Crippen LogP contribution in [0.15, 0.2) is 53.9 Å². The largest absolute Gasteiger partial charge is 0.454 e. The van der Waals surface area contributed by atoms with E-state index in [4.69, 9.17) is 9.47 Å². The van der Waals surface area contributed by atoms with Crippen molar-refractivity contribution in [2.24, 2.45) is 0 Å². The Morgan fingerprint density at radius 3 is 2.51 bits per heavy atom. The maximum absolute atomic E-state index is 13.6. The number of fused-ring (bicyclic) bond motifs is 1. The summed E-state index contributed by atoms with van der Waals surface area (Å²) in [6.07, 6.45) is 0.751. The van der Waals surface area contributed by atoms with Gasteiger partial charge in [0.25, 0.3) is 0 Å². The summed E-state index contributed by atoms with van der Waals surface area (Å²) in [5.74, 6) is 1.29. The van der Waals surface area contributed by atoms with Gasteiger partial charge >= 0.3 is 6.03 Å². The summed E-state index contributed by atoms with van der Waals surface area (Å²) in [5.41, 5.74) is 3.82. The first kappa shape index (κ1) is 24.6. The Morgan fingerprint density at radius 2 is 1.77 bits per heavy atom. The van der Waals surface area contributed by atoms with Gasteiger partial charge in [0, 0.05) is 23.7 Å². The molecular formula is C27H31N3O4S. The average molecular weight is 494 g/mol. The predicted octanol–water partition coefficient (Wildman–Crippen LogP) is 5.57. The van der Waals surface area contributed by atoms with E-state index in [0.717, 1.165) is 33.7 Å². The lowest BCUT2D eigenvalue weighted by atomic mass is 10.1. The maximum atomic E-state index is 13.6. The number of rotatable bonds is 9. The van der Waals surface area contributed by atoms with Gasteiger partial charge in [0.2, 0.25) is 12.7 Å². The number of nitrogens with one attached hydrogen (secondary N) is 1. The topological polar surface area (TPSA) is 71.1 Å². The number of anilines is 1. The Balaban J connectivity index is 1.51. The summed E-state index contributed by atoms with van der Waals surface area (Å²) in [4.78, 5) is 31.2. The van der Waals surface area contributed by atoms with E-state index in [2.05, 4.69) is 11.4 Å². The molecule has 0 fully saturated rings. The molecule has 184 valence electrons. The van der Waals surface area contributed by atoms with E-state index >= 15 is 0 Å². The first-order valence-corrected chi connectivity index (χ1v) is 12.6. The lowest BCUT2D eigenvalue weighted by Gasteiger charge is -2.28. The van der Waals surface area contributed by atoms with E-state index in [1.165, 1.54) is 0 Å². The number of amides is 3. The third-order valence-corrected chi connectivity index (χ3v) is 6.97. The van der Waals surface area contributed by atoms with Crippen molar-refractivity contribution in [3.05, 3.63) is 75.5 Å². The minimum Gasteiger partial charge on any atom is -0.454 e. The van der Waals surface area contributed by atoms with Crippen LogP contribution in [0.1, 0.15) is 34.9 Å². The second kappa shape index (κ2) is 11.3. The summed E-state index contributed by atoms with van der Waals surface area (Å²) < 4.78 is 10.9. The molecule has 8 heteroatoms. The number of benzene rings is 2. The van der Waals surface area contributed by atoms with Gasteiger partial charge in [-0.05, 0) is 66.6 Å². The van der Waals surface area contributed by atoms with Crippen molar-refractivity contribution in [3.8, 4) is 11.5 Å². The summed E-state index contributed by atoms with van der Waals surface area (Å²) in [6.45, 7) is 7.58. The highest BCUT2D eigenvalue weighted by Gasteiger charge is 2.23. The monoisotopic (exact) mass is 493 g/mol. The number of thiophene rings is 1. The molecule has 1 N–H and O–H groups in total. The van der Waals surface area contributed by atoms with E-state index in [0.29, 0.717) is 31.1 Å². The highest BCUT2D eigenvalue weighted by molar-refractivity contribution is 7.10. The second-order valence-corrected chi connectivity index (χ2v) is 9.63. The molecule has 2 aromatic carbocycles. The summed E-state index contributed by atoms with van der Waals surface area (Å²) in [6, 6.07) is 15.1. The first-order valence-electron chi connectivity index (χ1n) is 11.8. The number of nitrogens with zero attached hydrogens (tertiary/aromatic N) is 2. The molecule has 0 saturated carbocycles. The maximum Gasteiger partial charge on any atom is 0.322 e. The Bertz CT molecular complexity index is 1190. The van der Waals surface area contributed by atoms with Crippen LogP contribution in [-0.2, 0) is 17.9 Å². The van der Waals surface area contributed by atoms with Crippen LogP contribution in [0, 0.1) is 13.8 Å². The normalized spacial score (nSPS) is 11.9. The summed E-state index contributed by atoms with van der Waals surface area (Å²) in [7, 11) is 0. The fourth-order valence-electron chi connectivity index (χ4n) is 3.92. The zero-order chi connectivity index (χ0) is 24.8. The fourth-order valence-corrected chi connectivity index (χ4v) is 4.85. The second-order valence-electron chi connectivity index (χ2n) is 8.63. The number of aryl methyl sites for hydroxylation is 2. The van der Waals surface area contributed by atoms with E-state index < -0.39 is 0 Å². The molecular weight excluding hydrogens is 462 g/mol. The van der Waals surface area contributed by atoms with Gasteiger partial charge in [-0.15, -0.1) is 11.3 Å². The summed E-state index contributed by atoms with van der Waals surface area (Å²) >= 11 is 1.63. The number of carbonyl (C=O) groups excluding carboxylic acids is 2. The van der Waals surface area contributed by atoms with Crippen LogP contribution in [0.4, 0.5) is 10.5 Å². The van der Waals surface area contributed by atoms with Gasteiger partial charge < -0.3 is 24.6 Å². The molecule has 1 aliphatic heterocycles. The number of hydrogen-bond acceptors (Lipinski definition) is 5. The standard InChI is InChI=1S/C27H31N3O4S/c1-4-12-29(27(32)28-22-8-6-5-7-19(22)2)17-26(31)30(16-25-20(3)11-13-35-25)15-21-9-10-23-24(14-21)34-18-33-23/h5-11,13-14H,4,12,15-18H2,1-3H3,(H,28,32). The van der Waals surface area contributed by atoms with Crippen molar-refractivity contribution >= 4 is 29.0 Å². The van der Waals surface area contributed by atoms with Gasteiger partial charge in [-0.3, -0.25) is 4.79 Å². The lowest BCUT2D eigenvalue weighted by molar-refractivity contribution is -0.133. The Hall–Kier alpha value is -3.52. The zero-order valence-corrected chi connectivity index (χ0v) is 21.2. The van der Waals surface area contributed by atoms with Crippen LogP contribution in [0.2, 0.25) is 0 Å². The molecule has 35 heavy (non-hydrogen) atoms. The molecule has 1 aromatic heterocycles. The molecule has 0 saturated heterocycles. The van der Waals surface area contributed by atoms with Gasteiger partial charge in [0.05, 0.1) is 6.54 Å². The summed E-state index contributed by atoms with van der Waals surface area (Å²) in [5, 5.41) is 4.99. The molecule has 0 atom stereocenters. The van der Waals surface area contributed by atoms with E-state index in [9.17, 15) is 9.59 Å². The van der Waals surface area contributed by atoms with Crippen molar-refractivity contribution in [1.29, 1.82) is 0 Å². The third kappa shape index (κ3) is 6.14. The van der Waals surface area contributed by atoms with Crippen LogP contribution in [0.25, 0.3) is 0 Å². The minimum atomic E-state index is -0.273. The molecule has 0 bridgehead atoms. The highest BCUT2D eigenvalue weighted by atomic mass is 32.1. The molecule has 0 aliphatic carbocycles. The molecule has 3 aromatic rings. The third-order valence-electron chi connectivity index (χ3n) is 5.96. The number of para-hydroxylation sites is 1. The van der Waals surface area contributed by atoms with Gasteiger partial charge in [0.1, 0.15) is 6.54 Å². The molecule has 1 aliphatic rings. The molecule has 2 heterocycles. The minimum absolute atomic E-state index is 0.000525. The van der Waals surface area contributed by atoms with Gasteiger partial charge in [-0.1, -0.05) is 31.2 Å². The SMILES string of the molecule is CCCN(CC(=O)N(Cc1ccc2c(c1)OCO2)Cc1sccc1C)C(=O)Nc1ccccc1C. The zero-order valence-electron chi connectivity index (χ0n) is 20.4. The highest BCUT2D eigenvalue weighted by Crippen LogP contribution is 2.33. The fraction of sp³-hybridized carbons (Fsp3) is 0.333. The molecule has 3 amide bonds. The van der Waals surface area contributed by atoms with Crippen molar-refractivity contribution in [2.45, 2.75) is 40.3 Å². The van der Waals surface area contributed by atoms with Crippen LogP contribution < -0.4 is 14.8 Å². The lowest BCUT2D eigenvalue weighted by Crippen LogP contribution is -2.44. The first-order chi connectivity index (χ1) is 16.9. The molecule has 0 unspecified atom stereocenters. The molecule has 4 rings (SSSR count). The van der Waals surface area contributed by atoms with Crippen LogP contribution in [0.3, 0.4) is 0 Å². The van der Waals surface area contributed by atoms with Crippen LogP contribution in [-0.4, -0.2) is 41.6 Å². The smallest absolute Gasteiger partial charge is 0.322 e. The Kier molecular flexibility index (Phi) is 7.92. The average Bonchev–Trinajstić information content (AvgIpc) is 3.48. The van der Waals surface area contributed by atoms with Crippen LogP contribution in [0.5, 0.6) is 11.5 Å². The Morgan fingerprint density at radius 1 is 0.971 bits per heavy atom. The quantitative estimate of drug-likeness (QED) is 0.423. The number of ether oxygens (including phenoxy) is 2. The van der Waals surface area contributed by atoms with Crippen molar-refractivity contribution in [2.75, 3.05) is 25.2 Å². The van der Waals surface area contributed by atoms with Crippen molar-refractivity contribution in [3.63, 3.8) is 0 Å². The predicted molar refractivity (Wildman–Crippen MR) is 138 cm³/mol. The van der Waals surface area contributed by atoms with E-state index in [1.54, 1.807) is 21.1 Å². The van der Waals surface area contributed by atoms with Crippen molar-refractivity contribution < 1.29 is 19.1 Å². The van der Waals surface area contributed by atoms with Crippen molar-refractivity contribution in [1.82, 2.24) is 9.80 Å². The van der Waals surface area contributed by atoms with Gasteiger partial charge in [-0.2, -0.15) is 0 Å².